The van der Waals surface area contributed by atoms with Crippen molar-refractivity contribution < 1.29 is 40.0 Å². The lowest BCUT2D eigenvalue weighted by molar-refractivity contribution is -0.438. The van der Waals surface area contributed by atoms with Gasteiger partial charge in [-0.2, -0.15) is 21.4 Å². The van der Waals surface area contributed by atoms with Crippen molar-refractivity contribution >= 4 is 76.4 Å². The fraction of sp³-hybridized carbons (Fsp3) is 0.380. The number of benzene rings is 4. The number of esters is 1. The highest BCUT2D eigenvalue weighted by molar-refractivity contribution is 7.86. The number of nitrogens with zero attached hydrogens (tertiary/aromatic N) is 2. The first-order chi connectivity index (χ1) is 29.9. The van der Waals surface area contributed by atoms with E-state index in [4.69, 9.17) is 23.3 Å². The monoisotopic (exact) mass is 912 g/mol. The van der Waals surface area contributed by atoms with Crippen LogP contribution in [0.1, 0.15) is 83.8 Å². The average Bonchev–Trinajstić information content (AvgIpc) is 3.62. The minimum atomic E-state index is -4.11. The van der Waals surface area contributed by atoms with E-state index in [-0.39, 0.29) is 30.5 Å². The maximum atomic E-state index is 13.5. The number of halogens is 1. The lowest BCUT2D eigenvalue weighted by atomic mass is 9.77. The molecule has 3 aliphatic rings. The first-order valence-corrected chi connectivity index (χ1v) is 25.3. The predicted molar refractivity (Wildman–Crippen MR) is 254 cm³/mol. The van der Waals surface area contributed by atoms with Gasteiger partial charge in [0.2, 0.25) is 5.69 Å². The predicted octanol–water partition coefficient (Wildman–Crippen LogP) is 10.5. The molecule has 0 saturated heterocycles. The number of fused-ring (bicyclic) bond motifs is 6. The number of hydrogen-bond acceptors (Lipinski definition) is 7. The summed E-state index contributed by atoms with van der Waals surface area (Å²) in [6.07, 6.45) is 11.1. The number of carbonyl (C=O) groups excluding carboxylic acids is 1. The highest BCUT2D eigenvalue weighted by Gasteiger charge is 2.46. The molecule has 0 radical (unpaired) electrons. The quantitative estimate of drug-likeness (QED) is 0.0369. The molecule has 4 aromatic carbocycles. The SMILES string of the molecule is [CH2-]C1(CC)C(=CC=C2CC(C(=O)OCC)CC(C=CC3=[N+](CCCCS(=O)(=O)O)c4ccc5ccccc5c4C3(C)C)=C2Cl)N(CCCCS(=O)(=O)O)c2ccc3ccccc3c21. The Morgan fingerprint density at radius 2 is 1.46 bits per heavy atom. The summed E-state index contributed by atoms with van der Waals surface area (Å²) in [5, 5.41) is 4.96. The molecule has 2 aliphatic heterocycles. The van der Waals surface area contributed by atoms with Crippen molar-refractivity contribution in [1.29, 1.82) is 0 Å². The highest BCUT2D eigenvalue weighted by atomic mass is 35.5. The number of ether oxygens (including phenoxy) is 1. The van der Waals surface area contributed by atoms with E-state index in [1.54, 1.807) is 6.92 Å². The number of hydrogen-bond donors (Lipinski definition) is 2. The van der Waals surface area contributed by atoms with Crippen LogP contribution in [0.25, 0.3) is 21.5 Å². The third-order valence-electron chi connectivity index (χ3n) is 12.9. The Balaban J connectivity index is 1.32. The van der Waals surface area contributed by atoms with Crippen LogP contribution in [0.4, 0.5) is 11.4 Å². The van der Waals surface area contributed by atoms with Gasteiger partial charge in [-0.05, 0) is 115 Å². The number of rotatable bonds is 16. The van der Waals surface area contributed by atoms with Crippen LogP contribution < -0.4 is 4.90 Å². The van der Waals surface area contributed by atoms with E-state index in [9.17, 15) is 30.7 Å². The zero-order valence-electron chi connectivity index (χ0n) is 36.4. The van der Waals surface area contributed by atoms with Crippen LogP contribution in [0.2, 0.25) is 0 Å². The summed E-state index contributed by atoms with van der Waals surface area (Å²) in [6, 6.07) is 24.9. The van der Waals surface area contributed by atoms with E-state index in [0.717, 1.165) is 66.6 Å². The normalized spacial score (nSPS) is 21.4. The second-order valence-electron chi connectivity index (χ2n) is 17.4. The second-order valence-corrected chi connectivity index (χ2v) is 20.9. The Morgan fingerprint density at radius 3 is 2.10 bits per heavy atom. The minimum absolute atomic E-state index is 0.241. The van der Waals surface area contributed by atoms with Gasteiger partial charge in [0, 0.05) is 41.4 Å². The van der Waals surface area contributed by atoms with Crippen LogP contribution in [0.5, 0.6) is 0 Å². The fourth-order valence-electron chi connectivity index (χ4n) is 9.79. The Hall–Kier alpha value is -4.59. The summed E-state index contributed by atoms with van der Waals surface area (Å²) in [7, 11) is -8.20. The average molecular weight is 914 g/mol. The Kier molecular flexibility index (Phi) is 13.6. The molecule has 1 aliphatic carbocycles. The molecule has 334 valence electrons. The summed E-state index contributed by atoms with van der Waals surface area (Å²) in [5.41, 5.74) is 6.61. The summed E-state index contributed by atoms with van der Waals surface area (Å²) < 4.78 is 73.1. The van der Waals surface area contributed by atoms with Crippen LogP contribution in [-0.2, 0) is 40.6 Å². The van der Waals surface area contributed by atoms with Gasteiger partial charge in [0.1, 0.15) is 6.54 Å². The smallest absolute Gasteiger partial charge is 0.309 e. The van der Waals surface area contributed by atoms with Crippen molar-refractivity contribution in [3.05, 3.63) is 137 Å². The van der Waals surface area contributed by atoms with Crippen molar-refractivity contribution in [2.45, 2.75) is 83.5 Å². The van der Waals surface area contributed by atoms with Crippen molar-refractivity contribution in [3.63, 3.8) is 0 Å². The van der Waals surface area contributed by atoms with E-state index >= 15 is 0 Å². The molecule has 13 heteroatoms. The second kappa shape index (κ2) is 18.5. The van der Waals surface area contributed by atoms with Crippen LogP contribution >= 0.6 is 11.6 Å². The molecule has 2 atom stereocenters. The number of carbonyl (C=O) groups is 1. The Morgan fingerprint density at radius 1 is 0.841 bits per heavy atom. The molecule has 2 N–H and O–H groups in total. The van der Waals surface area contributed by atoms with Gasteiger partial charge in [0.05, 0.1) is 29.4 Å². The summed E-state index contributed by atoms with van der Waals surface area (Å²) in [4.78, 5) is 15.7. The molecule has 4 aromatic rings. The number of unbranched alkanes of at least 4 members (excludes halogenated alkanes) is 2. The topological polar surface area (TPSA) is 141 Å². The van der Waals surface area contributed by atoms with Gasteiger partial charge in [-0.1, -0.05) is 97.1 Å². The molecular weight excluding hydrogens is 856 g/mol. The standard InChI is InChI=1S/C50H57ClN2O8S2/c1-6-50(5)44(53(29-13-15-31-63(58,59)60)42-25-21-35-17-9-11-19-40(35)46(42)50)27-23-37-33-38(48(54)61-7-2)32-36(47(37)51)22-26-43-49(3,4)45-39-18-10-8-16-34(39)20-24-41(45)52(43)28-12-14-30-62(55,56)57/h8-11,16-27,38H,5-7,12-15,28-33H2,1-4H3,(H,55,56,57)(H,58,59,60). The molecule has 0 amide bonds. The maximum absolute atomic E-state index is 13.5. The van der Waals surface area contributed by atoms with E-state index in [1.807, 2.05) is 42.5 Å². The van der Waals surface area contributed by atoms with E-state index in [0.29, 0.717) is 56.6 Å². The first-order valence-electron chi connectivity index (χ1n) is 21.8. The van der Waals surface area contributed by atoms with Crippen molar-refractivity contribution in [2.24, 2.45) is 5.92 Å². The van der Waals surface area contributed by atoms with Gasteiger partial charge in [-0.15, -0.1) is 0 Å². The van der Waals surface area contributed by atoms with Crippen molar-refractivity contribution in [3.8, 4) is 0 Å². The fourth-order valence-corrected chi connectivity index (χ4v) is 11.2. The number of allylic oxidation sites excluding steroid dienone is 8. The number of anilines is 1. The van der Waals surface area contributed by atoms with Crippen LogP contribution in [0.15, 0.2) is 119 Å². The van der Waals surface area contributed by atoms with E-state index in [2.05, 4.69) is 84.9 Å². The van der Waals surface area contributed by atoms with Crippen molar-refractivity contribution in [2.75, 3.05) is 36.1 Å². The van der Waals surface area contributed by atoms with Crippen LogP contribution in [0.3, 0.4) is 0 Å². The molecule has 10 nitrogen and oxygen atoms in total. The largest absolute Gasteiger partial charge is 0.466 e. The Labute approximate surface area is 377 Å². The molecular formula is C50H57ClN2O8S2. The van der Waals surface area contributed by atoms with Gasteiger partial charge >= 0.3 is 5.97 Å². The third-order valence-corrected chi connectivity index (χ3v) is 15.0. The zero-order chi connectivity index (χ0) is 45.3. The van der Waals surface area contributed by atoms with Crippen molar-refractivity contribution in [1.82, 2.24) is 0 Å². The molecule has 0 fully saturated rings. The van der Waals surface area contributed by atoms with Gasteiger partial charge in [0.25, 0.3) is 20.2 Å². The van der Waals surface area contributed by atoms with Crippen LogP contribution in [0, 0.1) is 12.8 Å². The molecule has 7 rings (SSSR count). The lowest BCUT2D eigenvalue weighted by Gasteiger charge is -2.36. The maximum Gasteiger partial charge on any atom is 0.309 e. The molecule has 0 saturated carbocycles. The summed E-state index contributed by atoms with van der Waals surface area (Å²) in [6.45, 7) is 14.4. The highest BCUT2D eigenvalue weighted by Crippen LogP contribution is 2.53. The summed E-state index contributed by atoms with van der Waals surface area (Å²) in [5.74, 6) is -1.44. The molecule has 2 heterocycles. The van der Waals surface area contributed by atoms with E-state index < -0.39 is 37.0 Å². The molecule has 0 aromatic heterocycles. The molecule has 63 heavy (non-hydrogen) atoms. The molecule has 2 unspecified atom stereocenters. The Bertz CT molecular complexity index is 2840. The zero-order valence-corrected chi connectivity index (χ0v) is 38.8. The third kappa shape index (κ3) is 9.61. The lowest BCUT2D eigenvalue weighted by Crippen LogP contribution is -2.29. The van der Waals surface area contributed by atoms with Crippen LogP contribution in [-0.4, -0.2) is 73.4 Å². The molecule has 0 bridgehead atoms. The van der Waals surface area contributed by atoms with Gasteiger partial charge in [-0.25, -0.2) is 0 Å². The minimum Gasteiger partial charge on any atom is -0.466 e. The van der Waals surface area contributed by atoms with Gasteiger partial charge < -0.3 is 16.6 Å². The first kappa shape index (κ1) is 46.4. The van der Waals surface area contributed by atoms with E-state index in [1.165, 1.54) is 0 Å². The molecule has 0 spiro atoms. The summed E-state index contributed by atoms with van der Waals surface area (Å²) >= 11 is 7.41. The van der Waals surface area contributed by atoms with Gasteiger partial charge in [-0.3, -0.25) is 13.9 Å². The van der Waals surface area contributed by atoms with Gasteiger partial charge in [0.15, 0.2) is 5.71 Å².